The van der Waals surface area contributed by atoms with E-state index in [1.165, 1.54) is 11.8 Å². The van der Waals surface area contributed by atoms with Gasteiger partial charge in [0.15, 0.2) is 5.96 Å². The summed E-state index contributed by atoms with van der Waals surface area (Å²) in [5, 5.41) is 3.44. The predicted octanol–water partition coefficient (Wildman–Crippen LogP) is 2.12. The Labute approximate surface area is 175 Å². The van der Waals surface area contributed by atoms with Crippen LogP contribution < -0.4 is 10.1 Å². The van der Waals surface area contributed by atoms with Gasteiger partial charge in [-0.05, 0) is 49.8 Å². The number of aliphatic imine (C=N–C) groups is 1. The van der Waals surface area contributed by atoms with Gasteiger partial charge in [0.2, 0.25) is 10.0 Å². The Balaban J connectivity index is 1.56. The SMILES string of the molecule is CCNC(=NCC1CCN(S(C)(=O)=O)CC1)N1CCC(c2ccc(OC)cc2)C1. The van der Waals surface area contributed by atoms with Crippen LogP contribution in [0.5, 0.6) is 5.75 Å². The lowest BCUT2D eigenvalue weighted by Gasteiger charge is -2.30. The molecule has 2 fully saturated rings. The number of hydrogen-bond donors (Lipinski definition) is 1. The third-order valence-corrected chi connectivity index (χ3v) is 7.25. The van der Waals surface area contributed by atoms with Crippen LogP contribution in [0.4, 0.5) is 0 Å². The van der Waals surface area contributed by atoms with Crippen LogP contribution >= 0.6 is 0 Å². The van der Waals surface area contributed by atoms with Crippen LogP contribution in [0.2, 0.25) is 0 Å². The first-order valence-corrected chi connectivity index (χ1v) is 12.4. The topological polar surface area (TPSA) is 74.2 Å². The smallest absolute Gasteiger partial charge is 0.211 e. The second-order valence-corrected chi connectivity index (χ2v) is 9.99. The highest BCUT2D eigenvalue weighted by molar-refractivity contribution is 7.88. The van der Waals surface area contributed by atoms with Gasteiger partial charge in [-0.2, -0.15) is 0 Å². The van der Waals surface area contributed by atoms with E-state index in [1.54, 1.807) is 11.4 Å². The molecule has 1 unspecified atom stereocenters. The molecule has 1 aromatic rings. The fourth-order valence-corrected chi connectivity index (χ4v) is 5.04. The summed E-state index contributed by atoms with van der Waals surface area (Å²) in [6, 6.07) is 8.37. The lowest BCUT2D eigenvalue weighted by atomic mass is 9.98. The average molecular weight is 423 g/mol. The van der Waals surface area contributed by atoms with E-state index in [-0.39, 0.29) is 0 Å². The number of piperidine rings is 1. The van der Waals surface area contributed by atoms with Gasteiger partial charge in [-0.15, -0.1) is 0 Å². The Morgan fingerprint density at radius 3 is 2.45 bits per heavy atom. The van der Waals surface area contributed by atoms with Gasteiger partial charge in [-0.3, -0.25) is 4.99 Å². The molecule has 2 saturated heterocycles. The molecule has 0 aromatic heterocycles. The number of benzene rings is 1. The van der Waals surface area contributed by atoms with E-state index in [9.17, 15) is 8.42 Å². The van der Waals surface area contributed by atoms with Gasteiger partial charge in [0.25, 0.3) is 0 Å². The van der Waals surface area contributed by atoms with E-state index >= 15 is 0 Å². The number of sulfonamides is 1. The van der Waals surface area contributed by atoms with E-state index in [0.717, 1.165) is 57.2 Å². The first-order chi connectivity index (χ1) is 13.9. The van der Waals surface area contributed by atoms with Crippen molar-refractivity contribution in [2.24, 2.45) is 10.9 Å². The summed E-state index contributed by atoms with van der Waals surface area (Å²) in [5.74, 6) is 2.82. The molecule has 3 rings (SSSR count). The van der Waals surface area contributed by atoms with Crippen LogP contribution in [-0.4, -0.2) is 76.2 Å². The third-order valence-electron chi connectivity index (χ3n) is 5.95. The van der Waals surface area contributed by atoms with Crippen molar-refractivity contribution in [3.63, 3.8) is 0 Å². The molecule has 2 heterocycles. The van der Waals surface area contributed by atoms with Crippen LogP contribution in [0.15, 0.2) is 29.3 Å². The zero-order valence-corrected chi connectivity index (χ0v) is 18.6. The quantitative estimate of drug-likeness (QED) is 0.562. The van der Waals surface area contributed by atoms with Crippen molar-refractivity contribution < 1.29 is 13.2 Å². The number of hydrogen-bond acceptors (Lipinski definition) is 4. The van der Waals surface area contributed by atoms with E-state index in [2.05, 4.69) is 29.3 Å². The monoisotopic (exact) mass is 422 g/mol. The molecule has 0 aliphatic carbocycles. The van der Waals surface area contributed by atoms with Crippen LogP contribution in [0, 0.1) is 5.92 Å². The minimum Gasteiger partial charge on any atom is -0.497 e. The molecule has 0 radical (unpaired) electrons. The Morgan fingerprint density at radius 2 is 1.86 bits per heavy atom. The second-order valence-electron chi connectivity index (χ2n) is 8.00. The maximum absolute atomic E-state index is 11.7. The summed E-state index contributed by atoms with van der Waals surface area (Å²) in [6.45, 7) is 6.87. The molecule has 1 N–H and O–H groups in total. The number of guanidine groups is 1. The molecule has 0 saturated carbocycles. The molecule has 7 nitrogen and oxygen atoms in total. The molecule has 8 heteroatoms. The highest BCUT2D eigenvalue weighted by Gasteiger charge is 2.27. The lowest BCUT2D eigenvalue weighted by molar-refractivity contribution is 0.279. The Morgan fingerprint density at radius 1 is 1.17 bits per heavy atom. The third kappa shape index (κ3) is 5.85. The van der Waals surface area contributed by atoms with Crippen molar-refractivity contribution in [3.8, 4) is 5.75 Å². The second kappa shape index (κ2) is 9.80. The van der Waals surface area contributed by atoms with Crippen molar-refractivity contribution in [1.82, 2.24) is 14.5 Å². The largest absolute Gasteiger partial charge is 0.497 e. The van der Waals surface area contributed by atoms with E-state index < -0.39 is 10.0 Å². The summed E-state index contributed by atoms with van der Waals surface area (Å²) in [6.07, 6.45) is 4.17. The van der Waals surface area contributed by atoms with Crippen LogP contribution in [0.1, 0.15) is 37.7 Å². The van der Waals surface area contributed by atoms with Gasteiger partial charge in [0.1, 0.15) is 5.75 Å². The summed E-state index contributed by atoms with van der Waals surface area (Å²) in [7, 11) is -1.38. The van der Waals surface area contributed by atoms with Gasteiger partial charge < -0.3 is 15.0 Å². The maximum atomic E-state index is 11.7. The van der Waals surface area contributed by atoms with Crippen LogP contribution in [-0.2, 0) is 10.0 Å². The first-order valence-electron chi connectivity index (χ1n) is 10.5. The Hall–Kier alpha value is -1.80. The molecule has 2 aliphatic heterocycles. The summed E-state index contributed by atoms with van der Waals surface area (Å²) in [5.41, 5.74) is 1.34. The molecule has 0 spiro atoms. The number of nitrogens with zero attached hydrogens (tertiary/aromatic N) is 3. The van der Waals surface area contributed by atoms with E-state index in [0.29, 0.717) is 24.9 Å². The minimum absolute atomic E-state index is 0.446. The molecule has 29 heavy (non-hydrogen) atoms. The normalized spacial score (nSPS) is 22.1. The van der Waals surface area contributed by atoms with Gasteiger partial charge in [0.05, 0.1) is 13.4 Å². The fraction of sp³-hybridized carbons (Fsp3) is 0.667. The number of ether oxygens (including phenoxy) is 1. The molecule has 1 atom stereocenters. The average Bonchev–Trinajstić information content (AvgIpc) is 3.21. The minimum atomic E-state index is -3.07. The predicted molar refractivity (Wildman–Crippen MR) is 117 cm³/mol. The van der Waals surface area contributed by atoms with Gasteiger partial charge in [-0.1, -0.05) is 12.1 Å². The number of likely N-dealkylation sites (tertiary alicyclic amines) is 1. The highest BCUT2D eigenvalue weighted by Crippen LogP contribution is 2.28. The Kier molecular flexibility index (Phi) is 7.40. The van der Waals surface area contributed by atoms with Crippen molar-refractivity contribution in [1.29, 1.82) is 0 Å². The molecule has 0 bridgehead atoms. The number of nitrogens with one attached hydrogen (secondary N) is 1. The van der Waals surface area contributed by atoms with Crippen molar-refractivity contribution in [2.45, 2.75) is 32.1 Å². The summed E-state index contributed by atoms with van der Waals surface area (Å²) >= 11 is 0. The summed E-state index contributed by atoms with van der Waals surface area (Å²) in [4.78, 5) is 7.26. The molecular formula is C21H34N4O3S. The van der Waals surface area contributed by atoms with Gasteiger partial charge in [0, 0.05) is 45.2 Å². The molecule has 2 aliphatic rings. The summed E-state index contributed by atoms with van der Waals surface area (Å²) < 4.78 is 30.2. The Bertz CT molecular complexity index is 787. The molecule has 0 amide bonds. The van der Waals surface area contributed by atoms with Gasteiger partial charge >= 0.3 is 0 Å². The zero-order valence-electron chi connectivity index (χ0n) is 17.8. The highest BCUT2D eigenvalue weighted by atomic mass is 32.2. The van der Waals surface area contributed by atoms with E-state index in [1.807, 2.05) is 12.1 Å². The zero-order chi connectivity index (χ0) is 20.9. The molecular weight excluding hydrogens is 388 g/mol. The van der Waals surface area contributed by atoms with Crippen molar-refractivity contribution in [3.05, 3.63) is 29.8 Å². The van der Waals surface area contributed by atoms with Gasteiger partial charge in [-0.25, -0.2) is 12.7 Å². The molecule has 162 valence electrons. The first kappa shape index (κ1) is 21.9. The van der Waals surface area contributed by atoms with E-state index in [4.69, 9.17) is 9.73 Å². The van der Waals surface area contributed by atoms with Crippen LogP contribution in [0.3, 0.4) is 0 Å². The number of rotatable bonds is 6. The lowest BCUT2D eigenvalue weighted by Crippen LogP contribution is -2.41. The number of methoxy groups -OCH3 is 1. The van der Waals surface area contributed by atoms with Crippen molar-refractivity contribution in [2.75, 3.05) is 52.6 Å². The van der Waals surface area contributed by atoms with Crippen molar-refractivity contribution >= 4 is 16.0 Å². The molecule has 1 aromatic carbocycles. The standard InChI is InChI=1S/C21H34N4O3S/c1-4-22-21(23-15-17-9-13-25(14-10-17)29(3,26)27)24-12-11-19(16-24)18-5-7-20(28-2)8-6-18/h5-8,17,19H,4,9-16H2,1-3H3,(H,22,23). The van der Waals surface area contributed by atoms with Crippen LogP contribution in [0.25, 0.3) is 0 Å². The fourth-order valence-electron chi connectivity index (χ4n) is 4.17. The maximum Gasteiger partial charge on any atom is 0.211 e.